The van der Waals surface area contributed by atoms with Crippen molar-refractivity contribution >= 4 is 33.4 Å². The fourth-order valence-corrected chi connectivity index (χ4v) is 1.78. The number of anilines is 1. The van der Waals surface area contributed by atoms with Crippen molar-refractivity contribution in [2.45, 2.75) is 32.7 Å². The Hall–Kier alpha value is -1.36. The van der Waals surface area contributed by atoms with Crippen LogP contribution in [0.15, 0.2) is 28.7 Å². The minimum absolute atomic E-state index is 0.177. The average Bonchev–Trinajstić information content (AvgIpc) is 2.13. The first-order valence-corrected chi connectivity index (χ1v) is 6.42. The highest BCUT2D eigenvalue weighted by Gasteiger charge is 2.16. The summed E-state index contributed by atoms with van der Waals surface area (Å²) in [6.45, 7) is 5.62. The number of rotatable bonds is 3. The SMILES string of the molecule is CC(C)(C)NC(=O)CC(=O)Nc1cccc(Br)c1. The quantitative estimate of drug-likeness (QED) is 0.843. The van der Waals surface area contributed by atoms with E-state index in [0.717, 1.165) is 4.47 Å². The van der Waals surface area contributed by atoms with Crippen LogP contribution in [0.5, 0.6) is 0 Å². The average molecular weight is 313 g/mol. The van der Waals surface area contributed by atoms with E-state index >= 15 is 0 Å². The van der Waals surface area contributed by atoms with Gasteiger partial charge in [0.15, 0.2) is 0 Å². The number of amides is 2. The number of halogens is 1. The third-order valence-electron chi connectivity index (χ3n) is 1.94. The van der Waals surface area contributed by atoms with Crippen molar-refractivity contribution in [3.05, 3.63) is 28.7 Å². The van der Waals surface area contributed by atoms with Gasteiger partial charge in [0.05, 0.1) is 0 Å². The molecule has 2 N–H and O–H groups in total. The Morgan fingerprint density at radius 2 is 1.89 bits per heavy atom. The maximum Gasteiger partial charge on any atom is 0.233 e. The van der Waals surface area contributed by atoms with E-state index in [1.807, 2.05) is 32.9 Å². The second-order valence-electron chi connectivity index (χ2n) is 5.03. The normalized spacial score (nSPS) is 10.9. The fourth-order valence-electron chi connectivity index (χ4n) is 1.38. The number of nitrogens with one attached hydrogen (secondary N) is 2. The number of hydrogen-bond donors (Lipinski definition) is 2. The molecule has 0 heterocycles. The van der Waals surface area contributed by atoms with Crippen molar-refractivity contribution in [2.75, 3.05) is 5.32 Å². The molecule has 5 heteroatoms. The van der Waals surface area contributed by atoms with E-state index in [1.54, 1.807) is 12.1 Å². The van der Waals surface area contributed by atoms with Gasteiger partial charge in [0.2, 0.25) is 11.8 Å². The molecule has 0 aromatic heterocycles. The van der Waals surface area contributed by atoms with Crippen molar-refractivity contribution in [3.8, 4) is 0 Å². The molecule has 98 valence electrons. The van der Waals surface area contributed by atoms with Crippen molar-refractivity contribution in [1.29, 1.82) is 0 Å². The predicted molar refractivity (Wildman–Crippen MR) is 75.3 cm³/mol. The first-order valence-electron chi connectivity index (χ1n) is 5.63. The highest BCUT2D eigenvalue weighted by molar-refractivity contribution is 9.10. The van der Waals surface area contributed by atoms with Crippen LogP contribution in [0.4, 0.5) is 5.69 Å². The summed E-state index contributed by atoms with van der Waals surface area (Å²) in [6, 6.07) is 7.22. The molecule has 18 heavy (non-hydrogen) atoms. The Bertz CT molecular complexity index is 453. The minimum Gasteiger partial charge on any atom is -0.351 e. The van der Waals surface area contributed by atoms with Crippen LogP contribution in [0.2, 0.25) is 0 Å². The standard InChI is InChI=1S/C13H17BrN2O2/c1-13(2,3)16-12(18)8-11(17)15-10-6-4-5-9(14)7-10/h4-7H,8H2,1-3H3,(H,15,17)(H,16,18). The Balaban J connectivity index is 2.50. The first kappa shape index (κ1) is 14.7. The molecule has 4 nitrogen and oxygen atoms in total. The molecule has 0 aliphatic rings. The van der Waals surface area contributed by atoms with E-state index in [2.05, 4.69) is 26.6 Å². The molecular weight excluding hydrogens is 296 g/mol. The molecule has 0 saturated heterocycles. The molecule has 0 atom stereocenters. The van der Waals surface area contributed by atoms with Crippen LogP contribution in [0.1, 0.15) is 27.2 Å². The molecule has 0 bridgehead atoms. The Morgan fingerprint density at radius 1 is 1.22 bits per heavy atom. The van der Waals surface area contributed by atoms with Gasteiger partial charge in [-0.1, -0.05) is 22.0 Å². The van der Waals surface area contributed by atoms with Gasteiger partial charge in [-0.25, -0.2) is 0 Å². The molecular formula is C13H17BrN2O2. The molecule has 0 unspecified atom stereocenters. The van der Waals surface area contributed by atoms with Gasteiger partial charge in [-0.05, 0) is 39.0 Å². The number of hydrogen-bond acceptors (Lipinski definition) is 2. The monoisotopic (exact) mass is 312 g/mol. The number of carbonyl (C=O) groups is 2. The van der Waals surface area contributed by atoms with Crippen LogP contribution in [0.25, 0.3) is 0 Å². The molecule has 0 fully saturated rings. The summed E-state index contributed by atoms with van der Waals surface area (Å²) in [5, 5.41) is 5.41. The maximum atomic E-state index is 11.6. The van der Waals surface area contributed by atoms with Gasteiger partial charge in [0.25, 0.3) is 0 Å². The van der Waals surface area contributed by atoms with E-state index in [4.69, 9.17) is 0 Å². The smallest absolute Gasteiger partial charge is 0.233 e. The largest absolute Gasteiger partial charge is 0.351 e. The van der Waals surface area contributed by atoms with Crippen molar-refractivity contribution in [2.24, 2.45) is 0 Å². The van der Waals surface area contributed by atoms with Gasteiger partial charge in [-0.2, -0.15) is 0 Å². The van der Waals surface area contributed by atoms with Crippen molar-refractivity contribution in [1.82, 2.24) is 5.32 Å². The topological polar surface area (TPSA) is 58.2 Å². The second-order valence-corrected chi connectivity index (χ2v) is 5.95. The molecule has 0 aliphatic heterocycles. The summed E-state index contributed by atoms with van der Waals surface area (Å²) < 4.78 is 0.874. The van der Waals surface area contributed by atoms with Gasteiger partial charge in [0, 0.05) is 15.7 Å². The van der Waals surface area contributed by atoms with Gasteiger partial charge in [-0.3, -0.25) is 9.59 Å². The summed E-state index contributed by atoms with van der Waals surface area (Å²) >= 11 is 3.31. The lowest BCUT2D eigenvalue weighted by Crippen LogP contribution is -2.41. The molecule has 1 aromatic rings. The Morgan fingerprint density at radius 3 is 2.44 bits per heavy atom. The molecule has 0 saturated carbocycles. The van der Waals surface area contributed by atoms with Crippen molar-refractivity contribution < 1.29 is 9.59 Å². The summed E-state index contributed by atoms with van der Waals surface area (Å²) in [5.74, 6) is -0.607. The predicted octanol–water partition coefficient (Wildman–Crippen LogP) is 2.69. The van der Waals surface area contributed by atoms with E-state index < -0.39 is 0 Å². The minimum atomic E-state index is -0.326. The van der Waals surface area contributed by atoms with Crippen LogP contribution in [0.3, 0.4) is 0 Å². The molecule has 1 aromatic carbocycles. The van der Waals surface area contributed by atoms with Crippen LogP contribution in [0, 0.1) is 0 Å². The molecule has 0 radical (unpaired) electrons. The molecule has 0 spiro atoms. The molecule has 2 amide bonds. The first-order chi connectivity index (χ1) is 8.26. The molecule has 0 aliphatic carbocycles. The lowest BCUT2D eigenvalue weighted by atomic mass is 10.1. The third kappa shape index (κ3) is 5.82. The fraction of sp³-hybridized carbons (Fsp3) is 0.385. The molecule has 1 rings (SSSR count). The number of carbonyl (C=O) groups excluding carboxylic acids is 2. The third-order valence-corrected chi connectivity index (χ3v) is 2.44. The number of benzene rings is 1. The zero-order valence-electron chi connectivity index (χ0n) is 10.7. The van der Waals surface area contributed by atoms with Crippen LogP contribution in [-0.2, 0) is 9.59 Å². The van der Waals surface area contributed by atoms with E-state index in [0.29, 0.717) is 5.69 Å². The zero-order chi connectivity index (χ0) is 13.8. The Kier molecular flexibility index (Phi) is 4.90. The lowest BCUT2D eigenvalue weighted by Gasteiger charge is -2.20. The Labute approximate surface area is 115 Å². The maximum absolute atomic E-state index is 11.6. The van der Waals surface area contributed by atoms with Crippen LogP contribution in [-0.4, -0.2) is 17.4 Å². The van der Waals surface area contributed by atoms with Gasteiger partial charge in [-0.15, -0.1) is 0 Å². The highest BCUT2D eigenvalue weighted by Crippen LogP contribution is 2.15. The summed E-state index contributed by atoms with van der Waals surface area (Å²) in [7, 11) is 0. The van der Waals surface area contributed by atoms with Gasteiger partial charge < -0.3 is 10.6 Å². The van der Waals surface area contributed by atoms with Gasteiger partial charge >= 0.3 is 0 Å². The summed E-state index contributed by atoms with van der Waals surface area (Å²) in [6.07, 6.45) is -0.177. The second kappa shape index (κ2) is 6.00. The summed E-state index contributed by atoms with van der Waals surface area (Å²) in [5.41, 5.74) is 0.339. The van der Waals surface area contributed by atoms with E-state index in [9.17, 15) is 9.59 Å². The van der Waals surface area contributed by atoms with Gasteiger partial charge in [0.1, 0.15) is 6.42 Å². The zero-order valence-corrected chi connectivity index (χ0v) is 12.3. The van der Waals surface area contributed by atoms with E-state index in [1.165, 1.54) is 0 Å². The highest BCUT2D eigenvalue weighted by atomic mass is 79.9. The van der Waals surface area contributed by atoms with Crippen molar-refractivity contribution in [3.63, 3.8) is 0 Å². The van der Waals surface area contributed by atoms with Crippen LogP contribution >= 0.6 is 15.9 Å². The van der Waals surface area contributed by atoms with Crippen LogP contribution < -0.4 is 10.6 Å². The summed E-state index contributed by atoms with van der Waals surface area (Å²) in [4.78, 5) is 23.2. The van der Waals surface area contributed by atoms with E-state index in [-0.39, 0.29) is 23.8 Å². The lowest BCUT2D eigenvalue weighted by molar-refractivity contribution is -0.127.